The molecule has 2 aromatic heterocycles. The number of ether oxygens (including phenoxy) is 1. The second kappa shape index (κ2) is 6.69. The summed E-state index contributed by atoms with van der Waals surface area (Å²) in [5.74, 6) is 0.522. The van der Waals surface area contributed by atoms with Crippen molar-refractivity contribution in [3.63, 3.8) is 0 Å². The van der Waals surface area contributed by atoms with Gasteiger partial charge in [0, 0.05) is 34.7 Å². The van der Waals surface area contributed by atoms with Gasteiger partial charge in [0.1, 0.15) is 11.3 Å². The van der Waals surface area contributed by atoms with E-state index in [1.165, 1.54) is 13.3 Å². The fraction of sp³-hybridized carbons (Fsp3) is 0.100. The normalized spacial score (nSPS) is 11.7. The number of methoxy groups -OCH3 is 1. The summed E-state index contributed by atoms with van der Waals surface area (Å²) in [4.78, 5) is 11.1. The molecule has 148 valence electrons. The van der Waals surface area contributed by atoms with E-state index in [0.717, 1.165) is 6.20 Å². The van der Waals surface area contributed by atoms with Crippen LogP contribution in [0.2, 0.25) is 0 Å². The van der Waals surface area contributed by atoms with Crippen molar-refractivity contribution in [2.75, 3.05) is 18.6 Å². The van der Waals surface area contributed by atoms with Gasteiger partial charge in [0.25, 0.3) is 0 Å². The Morgan fingerprint density at radius 1 is 1.03 bits per heavy atom. The number of nitrogens with zero attached hydrogens (tertiary/aromatic N) is 2. The smallest absolute Gasteiger partial charge is 0.419 e. The van der Waals surface area contributed by atoms with Crippen LogP contribution >= 0.6 is 0 Å². The van der Waals surface area contributed by atoms with Gasteiger partial charge in [-0.15, -0.1) is 0 Å². The number of H-pyrrole nitrogens is 1. The van der Waals surface area contributed by atoms with Gasteiger partial charge in [-0.3, -0.25) is 0 Å². The molecule has 2 heterocycles. The van der Waals surface area contributed by atoms with Crippen molar-refractivity contribution in [1.82, 2.24) is 15.0 Å². The van der Waals surface area contributed by atoms with Crippen LogP contribution in [0.5, 0.6) is 5.75 Å². The minimum absolute atomic E-state index is 0.0147. The first-order valence-corrected chi connectivity index (χ1v) is 8.54. The van der Waals surface area contributed by atoms with E-state index in [9.17, 15) is 13.2 Å². The summed E-state index contributed by atoms with van der Waals surface area (Å²) in [6, 6.07) is 9.92. The van der Waals surface area contributed by atoms with Crippen LogP contribution in [0, 0.1) is 0 Å². The van der Waals surface area contributed by atoms with Gasteiger partial charge in [0.05, 0.1) is 23.9 Å². The Bertz CT molecular complexity index is 1200. The highest BCUT2D eigenvalue weighted by Crippen LogP contribution is 2.41. The molecule has 0 saturated carbocycles. The largest absolute Gasteiger partial charge is 0.495 e. The molecule has 9 heteroatoms. The predicted octanol–water partition coefficient (Wildman–Crippen LogP) is 4.48. The van der Waals surface area contributed by atoms with Crippen molar-refractivity contribution in [2.24, 2.45) is 0 Å². The third kappa shape index (κ3) is 3.10. The fourth-order valence-corrected chi connectivity index (χ4v) is 3.25. The van der Waals surface area contributed by atoms with Crippen LogP contribution in [0.1, 0.15) is 5.56 Å². The molecule has 0 radical (unpaired) electrons. The van der Waals surface area contributed by atoms with E-state index in [2.05, 4.69) is 15.0 Å². The molecule has 6 nitrogen and oxygen atoms in total. The highest BCUT2D eigenvalue weighted by atomic mass is 19.4. The molecule has 0 saturated heterocycles. The van der Waals surface area contributed by atoms with E-state index >= 15 is 0 Å². The predicted molar refractivity (Wildman–Crippen MR) is 105 cm³/mol. The average Bonchev–Trinajstić information content (AvgIpc) is 3.11. The summed E-state index contributed by atoms with van der Waals surface area (Å²) in [5.41, 5.74) is 12.4. The van der Waals surface area contributed by atoms with Gasteiger partial charge >= 0.3 is 6.18 Å². The Morgan fingerprint density at radius 3 is 2.38 bits per heavy atom. The molecular weight excluding hydrogens is 383 g/mol. The lowest BCUT2D eigenvalue weighted by Crippen LogP contribution is -2.11. The molecule has 0 amide bonds. The van der Waals surface area contributed by atoms with Crippen LogP contribution in [0.15, 0.2) is 48.8 Å². The number of hydrogen-bond donors (Lipinski definition) is 3. The quantitative estimate of drug-likeness (QED) is 0.441. The summed E-state index contributed by atoms with van der Waals surface area (Å²) in [5, 5.41) is 0.536. The van der Waals surface area contributed by atoms with Gasteiger partial charge in [0.15, 0.2) is 5.82 Å². The lowest BCUT2D eigenvalue weighted by atomic mass is 10.0. The van der Waals surface area contributed by atoms with E-state index in [0.29, 0.717) is 22.2 Å². The van der Waals surface area contributed by atoms with Crippen molar-refractivity contribution < 1.29 is 17.9 Å². The van der Waals surface area contributed by atoms with Crippen LogP contribution in [0.4, 0.5) is 24.5 Å². The zero-order valence-electron chi connectivity index (χ0n) is 15.2. The standard InChI is InChI=1S/C20H16F3N5O/c1-29-15-7-2-4-10-11(8-26-18(10)15)17-12(20(21,22)23)9-27-19(28-17)16-13(24)5-3-6-14(16)25/h2-9,26H,24-25H2,1H3. The summed E-state index contributed by atoms with van der Waals surface area (Å²) >= 11 is 0. The Labute approximate surface area is 163 Å². The third-order valence-electron chi connectivity index (χ3n) is 4.60. The number of aromatic amines is 1. The van der Waals surface area contributed by atoms with Crippen LogP contribution in [0.25, 0.3) is 33.5 Å². The molecule has 0 fully saturated rings. The third-order valence-corrected chi connectivity index (χ3v) is 4.60. The van der Waals surface area contributed by atoms with Crippen LogP contribution in [-0.4, -0.2) is 22.1 Å². The molecule has 0 aliphatic carbocycles. The second-order valence-corrected chi connectivity index (χ2v) is 6.35. The lowest BCUT2D eigenvalue weighted by molar-refractivity contribution is -0.137. The number of nitrogens with two attached hydrogens (primary N) is 2. The molecule has 2 aromatic carbocycles. The number of halogens is 3. The minimum atomic E-state index is -4.65. The van der Waals surface area contributed by atoms with Crippen molar-refractivity contribution in [1.29, 1.82) is 0 Å². The number of rotatable bonds is 3. The maximum atomic E-state index is 13.7. The molecule has 5 N–H and O–H groups in total. The first-order chi connectivity index (χ1) is 13.8. The van der Waals surface area contributed by atoms with Gasteiger partial charge in [-0.1, -0.05) is 18.2 Å². The molecule has 0 unspecified atom stereocenters. The molecule has 0 aliphatic heterocycles. The molecule has 29 heavy (non-hydrogen) atoms. The van der Waals surface area contributed by atoms with Crippen LogP contribution in [0.3, 0.4) is 0 Å². The molecule has 0 spiro atoms. The Kier molecular flexibility index (Phi) is 4.30. The Morgan fingerprint density at radius 2 is 1.72 bits per heavy atom. The number of fused-ring (bicyclic) bond motifs is 1. The van der Waals surface area contributed by atoms with Crippen LogP contribution in [-0.2, 0) is 6.18 Å². The number of para-hydroxylation sites is 1. The van der Waals surface area contributed by atoms with Gasteiger partial charge in [0.2, 0.25) is 0 Å². The van der Waals surface area contributed by atoms with E-state index in [4.69, 9.17) is 16.2 Å². The molecular formula is C20H16F3N5O. The number of hydrogen-bond acceptors (Lipinski definition) is 5. The summed E-state index contributed by atoms with van der Waals surface area (Å²) in [7, 11) is 1.49. The van der Waals surface area contributed by atoms with Gasteiger partial charge < -0.3 is 21.2 Å². The number of anilines is 2. The minimum Gasteiger partial charge on any atom is -0.495 e. The number of benzene rings is 2. The molecule has 0 bridgehead atoms. The number of nitrogen functional groups attached to an aromatic ring is 2. The Hall–Kier alpha value is -3.75. The molecule has 4 rings (SSSR count). The van der Waals surface area contributed by atoms with Crippen molar-refractivity contribution in [3.8, 4) is 28.4 Å². The van der Waals surface area contributed by atoms with E-state index in [-0.39, 0.29) is 28.5 Å². The van der Waals surface area contributed by atoms with Gasteiger partial charge in [-0.05, 0) is 18.2 Å². The van der Waals surface area contributed by atoms with Crippen LogP contribution < -0.4 is 16.2 Å². The van der Waals surface area contributed by atoms with E-state index < -0.39 is 11.7 Å². The SMILES string of the molecule is COc1cccc2c(-c3nc(-c4c(N)cccc4N)ncc3C(F)(F)F)c[nH]c12. The maximum Gasteiger partial charge on any atom is 0.419 e. The van der Waals surface area contributed by atoms with Crippen molar-refractivity contribution >= 4 is 22.3 Å². The van der Waals surface area contributed by atoms with E-state index in [1.54, 1.807) is 36.4 Å². The average molecular weight is 399 g/mol. The second-order valence-electron chi connectivity index (χ2n) is 6.35. The fourth-order valence-electron chi connectivity index (χ4n) is 3.25. The summed E-state index contributed by atoms with van der Waals surface area (Å²) < 4.78 is 46.4. The summed E-state index contributed by atoms with van der Waals surface area (Å²) in [6.45, 7) is 0. The number of aromatic nitrogens is 3. The topological polar surface area (TPSA) is 103 Å². The molecule has 0 atom stereocenters. The molecule has 0 aliphatic rings. The lowest BCUT2D eigenvalue weighted by Gasteiger charge is -2.14. The van der Waals surface area contributed by atoms with Gasteiger partial charge in [-0.2, -0.15) is 13.2 Å². The Balaban J connectivity index is 2.02. The zero-order chi connectivity index (χ0) is 20.8. The maximum absolute atomic E-state index is 13.7. The summed E-state index contributed by atoms with van der Waals surface area (Å²) in [6.07, 6.45) is -2.43. The number of alkyl halides is 3. The molecule has 4 aromatic rings. The highest BCUT2D eigenvalue weighted by Gasteiger charge is 2.36. The monoisotopic (exact) mass is 399 g/mol. The van der Waals surface area contributed by atoms with Gasteiger partial charge in [-0.25, -0.2) is 9.97 Å². The first-order valence-electron chi connectivity index (χ1n) is 8.54. The van der Waals surface area contributed by atoms with E-state index in [1.807, 2.05) is 0 Å². The van der Waals surface area contributed by atoms with Crippen molar-refractivity contribution in [2.45, 2.75) is 6.18 Å². The first kappa shape index (κ1) is 18.6. The van der Waals surface area contributed by atoms with Crippen molar-refractivity contribution in [3.05, 3.63) is 54.4 Å². The number of nitrogens with one attached hydrogen (secondary N) is 1. The zero-order valence-corrected chi connectivity index (χ0v) is 15.2. The highest BCUT2D eigenvalue weighted by molar-refractivity contribution is 5.98.